The Morgan fingerprint density at radius 2 is 2.00 bits per heavy atom. The first-order valence-corrected chi connectivity index (χ1v) is 6.72. The molecule has 0 aliphatic heterocycles. The number of rotatable bonds is 6. The first kappa shape index (κ1) is 12.8. The summed E-state index contributed by atoms with van der Waals surface area (Å²) in [6, 6.07) is 13.6. The number of hydrogen-bond donors (Lipinski definition) is 2. The van der Waals surface area contributed by atoms with Gasteiger partial charge in [-0.25, -0.2) is 0 Å². The zero-order valence-corrected chi connectivity index (χ0v) is 10.8. The summed E-state index contributed by atoms with van der Waals surface area (Å²) in [5.74, 6) is -0.310. The van der Waals surface area contributed by atoms with E-state index < -0.39 is 0 Å². The first-order chi connectivity index (χ1) is 8.75. The van der Waals surface area contributed by atoms with Crippen molar-refractivity contribution in [2.45, 2.75) is 19.0 Å². The van der Waals surface area contributed by atoms with E-state index in [-0.39, 0.29) is 11.9 Å². The molecule has 0 aliphatic rings. The summed E-state index contributed by atoms with van der Waals surface area (Å²) in [7, 11) is 0. The van der Waals surface area contributed by atoms with Crippen LogP contribution in [0.5, 0.6) is 0 Å². The molecule has 4 heteroatoms. The van der Waals surface area contributed by atoms with Gasteiger partial charge < -0.3 is 11.1 Å². The van der Waals surface area contributed by atoms with E-state index in [0.717, 1.165) is 5.56 Å². The number of nitrogens with two attached hydrogens (primary N) is 1. The van der Waals surface area contributed by atoms with E-state index >= 15 is 0 Å². The van der Waals surface area contributed by atoms with Crippen LogP contribution in [0.15, 0.2) is 47.8 Å². The molecule has 1 amide bonds. The Morgan fingerprint density at radius 3 is 2.61 bits per heavy atom. The van der Waals surface area contributed by atoms with Gasteiger partial charge in [0, 0.05) is 11.4 Å². The van der Waals surface area contributed by atoms with Gasteiger partial charge in [-0.1, -0.05) is 36.4 Å². The van der Waals surface area contributed by atoms with Crippen LogP contribution in [0.4, 0.5) is 0 Å². The van der Waals surface area contributed by atoms with Gasteiger partial charge in [0.25, 0.3) is 0 Å². The van der Waals surface area contributed by atoms with Crippen molar-refractivity contribution in [3.63, 3.8) is 0 Å². The van der Waals surface area contributed by atoms with Crippen LogP contribution in [0.3, 0.4) is 0 Å². The lowest BCUT2D eigenvalue weighted by Gasteiger charge is -2.14. The quantitative estimate of drug-likeness (QED) is 0.834. The lowest BCUT2D eigenvalue weighted by Crippen LogP contribution is -2.42. The van der Waals surface area contributed by atoms with Crippen molar-refractivity contribution in [2.24, 2.45) is 5.73 Å². The van der Waals surface area contributed by atoms with Crippen LogP contribution in [-0.2, 0) is 17.8 Å². The fourth-order valence-electron chi connectivity index (χ4n) is 1.76. The van der Waals surface area contributed by atoms with Crippen molar-refractivity contribution < 1.29 is 4.79 Å². The van der Waals surface area contributed by atoms with Gasteiger partial charge in [0.15, 0.2) is 0 Å². The molecule has 1 atom stereocenters. The van der Waals surface area contributed by atoms with Crippen molar-refractivity contribution in [1.82, 2.24) is 5.32 Å². The normalized spacial score (nSPS) is 12.2. The number of amides is 1. The Morgan fingerprint density at radius 1 is 1.22 bits per heavy atom. The number of benzene rings is 1. The Bertz CT molecular complexity index is 482. The molecule has 3 nitrogen and oxygen atoms in total. The highest BCUT2D eigenvalue weighted by Gasteiger charge is 2.15. The van der Waals surface area contributed by atoms with E-state index in [1.165, 1.54) is 4.88 Å². The molecule has 1 unspecified atom stereocenters. The molecule has 0 bridgehead atoms. The van der Waals surface area contributed by atoms with Crippen molar-refractivity contribution in [3.8, 4) is 0 Å². The fourth-order valence-corrected chi connectivity index (χ4v) is 2.42. The topological polar surface area (TPSA) is 55.1 Å². The number of carbonyl (C=O) groups excluding carboxylic acids is 1. The summed E-state index contributed by atoms with van der Waals surface area (Å²) in [6.45, 7) is 0.679. The molecule has 2 rings (SSSR count). The van der Waals surface area contributed by atoms with E-state index in [2.05, 4.69) is 5.32 Å². The molecule has 1 heterocycles. The Hall–Kier alpha value is -1.65. The zero-order valence-electron chi connectivity index (χ0n) is 10.0. The van der Waals surface area contributed by atoms with Crippen molar-refractivity contribution in [3.05, 3.63) is 58.3 Å². The molecule has 94 valence electrons. The third kappa shape index (κ3) is 3.68. The second-order valence-corrected chi connectivity index (χ2v) is 5.14. The summed E-state index contributed by atoms with van der Waals surface area (Å²) in [5.41, 5.74) is 6.54. The molecule has 2 aromatic rings. The third-order valence-electron chi connectivity index (χ3n) is 2.73. The van der Waals surface area contributed by atoms with Crippen LogP contribution in [-0.4, -0.2) is 11.9 Å². The van der Waals surface area contributed by atoms with Crippen LogP contribution in [0.2, 0.25) is 0 Å². The third-order valence-corrected chi connectivity index (χ3v) is 3.61. The Kier molecular flexibility index (Phi) is 4.50. The SMILES string of the molecule is NC(=O)C(Cc1ccccc1)NCc1cccs1. The van der Waals surface area contributed by atoms with Crippen LogP contribution >= 0.6 is 11.3 Å². The predicted molar refractivity (Wildman–Crippen MR) is 74.3 cm³/mol. The second kappa shape index (κ2) is 6.33. The summed E-state index contributed by atoms with van der Waals surface area (Å²) < 4.78 is 0. The summed E-state index contributed by atoms with van der Waals surface area (Å²) in [4.78, 5) is 12.6. The number of carbonyl (C=O) groups is 1. The van der Waals surface area contributed by atoms with Crippen molar-refractivity contribution >= 4 is 17.2 Å². The van der Waals surface area contributed by atoms with Gasteiger partial charge in [0.1, 0.15) is 0 Å². The van der Waals surface area contributed by atoms with Gasteiger partial charge in [-0.3, -0.25) is 4.79 Å². The highest BCUT2D eigenvalue weighted by atomic mass is 32.1. The minimum atomic E-state index is -0.325. The smallest absolute Gasteiger partial charge is 0.234 e. The van der Waals surface area contributed by atoms with E-state index in [1.54, 1.807) is 11.3 Å². The number of thiophene rings is 1. The highest BCUT2D eigenvalue weighted by Crippen LogP contribution is 2.09. The largest absolute Gasteiger partial charge is 0.368 e. The second-order valence-electron chi connectivity index (χ2n) is 4.10. The molecule has 1 aromatic heterocycles. The molecule has 3 N–H and O–H groups in total. The maximum absolute atomic E-state index is 11.4. The molecule has 0 radical (unpaired) electrons. The molecule has 1 aromatic carbocycles. The van der Waals surface area contributed by atoms with Crippen LogP contribution in [0, 0.1) is 0 Å². The van der Waals surface area contributed by atoms with Crippen LogP contribution in [0.25, 0.3) is 0 Å². The number of hydrogen-bond acceptors (Lipinski definition) is 3. The molecular formula is C14H16N2OS. The molecule has 0 aliphatic carbocycles. The molecule has 0 saturated heterocycles. The highest BCUT2D eigenvalue weighted by molar-refractivity contribution is 7.09. The number of primary amides is 1. The lowest BCUT2D eigenvalue weighted by atomic mass is 10.1. The monoisotopic (exact) mass is 260 g/mol. The minimum Gasteiger partial charge on any atom is -0.368 e. The average Bonchev–Trinajstić information content (AvgIpc) is 2.88. The maximum atomic E-state index is 11.4. The standard InChI is InChI=1S/C14H16N2OS/c15-14(17)13(9-11-5-2-1-3-6-11)16-10-12-7-4-8-18-12/h1-8,13,16H,9-10H2,(H2,15,17). The Balaban J connectivity index is 1.94. The van der Waals surface area contributed by atoms with E-state index in [4.69, 9.17) is 5.73 Å². The molecule has 18 heavy (non-hydrogen) atoms. The van der Waals surface area contributed by atoms with Crippen LogP contribution < -0.4 is 11.1 Å². The van der Waals surface area contributed by atoms with Gasteiger partial charge in [-0.15, -0.1) is 11.3 Å². The van der Waals surface area contributed by atoms with Crippen LogP contribution in [0.1, 0.15) is 10.4 Å². The number of nitrogens with one attached hydrogen (secondary N) is 1. The van der Waals surface area contributed by atoms with E-state index in [0.29, 0.717) is 13.0 Å². The molecule has 0 spiro atoms. The first-order valence-electron chi connectivity index (χ1n) is 5.84. The van der Waals surface area contributed by atoms with Crippen molar-refractivity contribution in [2.75, 3.05) is 0 Å². The molecule has 0 fully saturated rings. The molecular weight excluding hydrogens is 244 g/mol. The van der Waals surface area contributed by atoms with Gasteiger partial charge in [-0.05, 0) is 23.4 Å². The van der Waals surface area contributed by atoms with Gasteiger partial charge in [-0.2, -0.15) is 0 Å². The maximum Gasteiger partial charge on any atom is 0.234 e. The van der Waals surface area contributed by atoms with Crippen molar-refractivity contribution in [1.29, 1.82) is 0 Å². The van der Waals surface area contributed by atoms with Gasteiger partial charge >= 0.3 is 0 Å². The van der Waals surface area contributed by atoms with E-state index in [1.807, 2.05) is 47.8 Å². The predicted octanol–water partition coefficient (Wildman–Crippen LogP) is 1.93. The van der Waals surface area contributed by atoms with Gasteiger partial charge in [0.05, 0.1) is 6.04 Å². The molecule has 0 saturated carbocycles. The summed E-state index contributed by atoms with van der Waals surface area (Å²) >= 11 is 1.67. The lowest BCUT2D eigenvalue weighted by molar-refractivity contribution is -0.120. The summed E-state index contributed by atoms with van der Waals surface area (Å²) in [5, 5.41) is 5.23. The Labute approximate surface area is 111 Å². The minimum absolute atomic E-state index is 0.310. The van der Waals surface area contributed by atoms with E-state index in [9.17, 15) is 4.79 Å². The summed E-state index contributed by atoms with van der Waals surface area (Å²) in [6.07, 6.45) is 0.627. The average molecular weight is 260 g/mol. The fraction of sp³-hybridized carbons (Fsp3) is 0.214. The zero-order chi connectivity index (χ0) is 12.8. The van der Waals surface area contributed by atoms with Gasteiger partial charge in [0.2, 0.25) is 5.91 Å².